The molecule has 0 aliphatic heterocycles. The summed E-state index contributed by atoms with van der Waals surface area (Å²) >= 11 is 0. The SMILES string of the molecule is CCCCCCCC(=O)C(C)(C)OCCCCCC(=O)C(C)(O)CC. The van der Waals surface area contributed by atoms with Gasteiger partial charge in [0.1, 0.15) is 11.2 Å². The molecule has 0 rings (SSSR count). The van der Waals surface area contributed by atoms with Gasteiger partial charge in [-0.2, -0.15) is 0 Å². The fraction of sp³-hybridized carbons (Fsp3) is 0.905. The molecule has 0 radical (unpaired) electrons. The highest BCUT2D eigenvalue weighted by Crippen LogP contribution is 2.18. The average molecular weight is 357 g/mol. The third kappa shape index (κ3) is 10.8. The van der Waals surface area contributed by atoms with Crippen molar-refractivity contribution in [1.29, 1.82) is 0 Å². The van der Waals surface area contributed by atoms with Crippen molar-refractivity contribution in [3.63, 3.8) is 0 Å². The minimum atomic E-state index is -1.19. The summed E-state index contributed by atoms with van der Waals surface area (Å²) in [7, 11) is 0. The zero-order chi connectivity index (χ0) is 19.3. The van der Waals surface area contributed by atoms with Crippen LogP contribution in [0.5, 0.6) is 0 Å². The Hall–Kier alpha value is -0.740. The fourth-order valence-electron chi connectivity index (χ4n) is 2.63. The zero-order valence-corrected chi connectivity index (χ0v) is 17.2. The Bertz CT molecular complexity index is 385. The molecule has 0 saturated carbocycles. The van der Waals surface area contributed by atoms with Gasteiger partial charge in [-0.3, -0.25) is 9.59 Å². The summed E-state index contributed by atoms with van der Waals surface area (Å²) in [4.78, 5) is 24.1. The van der Waals surface area contributed by atoms with Crippen LogP contribution in [0.3, 0.4) is 0 Å². The number of hydrogen-bond donors (Lipinski definition) is 1. The molecule has 0 fully saturated rings. The Morgan fingerprint density at radius 1 is 0.800 bits per heavy atom. The summed E-state index contributed by atoms with van der Waals surface area (Å²) in [6, 6.07) is 0. The van der Waals surface area contributed by atoms with Crippen LogP contribution in [0, 0.1) is 0 Å². The fourth-order valence-corrected chi connectivity index (χ4v) is 2.63. The number of ether oxygens (including phenoxy) is 1. The first-order valence-corrected chi connectivity index (χ1v) is 10.1. The maximum Gasteiger partial charge on any atom is 0.164 e. The van der Waals surface area contributed by atoms with Crippen LogP contribution in [0.25, 0.3) is 0 Å². The van der Waals surface area contributed by atoms with Crippen LogP contribution in [-0.4, -0.2) is 34.5 Å². The molecule has 0 saturated heterocycles. The van der Waals surface area contributed by atoms with Crippen LogP contribution in [0.15, 0.2) is 0 Å². The lowest BCUT2D eigenvalue weighted by atomic mass is 9.94. The highest BCUT2D eigenvalue weighted by Gasteiger charge is 2.28. The molecule has 0 spiro atoms. The third-order valence-electron chi connectivity index (χ3n) is 4.98. The van der Waals surface area contributed by atoms with Crippen molar-refractivity contribution in [3.8, 4) is 0 Å². The Kier molecular flexibility index (Phi) is 12.2. The van der Waals surface area contributed by atoms with Crippen LogP contribution >= 0.6 is 0 Å². The molecular weight excluding hydrogens is 316 g/mol. The smallest absolute Gasteiger partial charge is 0.164 e. The second-order valence-electron chi connectivity index (χ2n) is 7.81. The molecule has 0 aliphatic carbocycles. The molecule has 25 heavy (non-hydrogen) atoms. The number of Topliss-reactive ketones (excluding diaryl/α,β-unsaturated/α-hetero) is 2. The van der Waals surface area contributed by atoms with E-state index >= 15 is 0 Å². The maximum atomic E-state index is 12.3. The highest BCUT2D eigenvalue weighted by atomic mass is 16.5. The van der Waals surface area contributed by atoms with Crippen molar-refractivity contribution >= 4 is 11.6 Å². The second kappa shape index (κ2) is 12.6. The van der Waals surface area contributed by atoms with Gasteiger partial charge in [-0.15, -0.1) is 0 Å². The Balaban J connectivity index is 3.84. The molecule has 0 aromatic rings. The van der Waals surface area contributed by atoms with Gasteiger partial charge in [0, 0.05) is 19.4 Å². The normalized spacial score (nSPS) is 14.3. The minimum absolute atomic E-state index is 0.0884. The molecule has 1 unspecified atom stereocenters. The minimum Gasteiger partial charge on any atom is -0.382 e. The second-order valence-corrected chi connectivity index (χ2v) is 7.81. The first-order valence-electron chi connectivity index (χ1n) is 10.1. The van der Waals surface area contributed by atoms with Gasteiger partial charge in [-0.05, 0) is 46.5 Å². The number of carbonyl (C=O) groups is 2. The lowest BCUT2D eigenvalue weighted by molar-refractivity contribution is -0.140. The predicted octanol–water partition coefficient (Wildman–Crippen LogP) is 5.00. The first kappa shape index (κ1) is 24.3. The highest BCUT2D eigenvalue weighted by molar-refractivity contribution is 5.86. The lowest BCUT2D eigenvalue weighted by Crippen LogP contribution is -2.35. The number of hydrogen-bond acceptors (Lipinski definition) is 4. The van der Waals surface area contributed by atoms with E-state index in [-0.39, 0.29) is 11.6 Å². The van der Waals surface area contributed by atoms with E-state index in [0.29, 0.717) is 25.9 Å². The van der Waals surface area contributed by atoms with Gasteiger partial charge < -0.3 is 9.84 Å². The molecular formula is C21H40O4. The van der Waals surface area contributed by atoms with Crippen molar-refractivity contribution < 1.29 is 19.4 Å². The number of ketones is 2. The van der Waals surface area contributed by atoms with Gasteiger partial charge in [0.25, 0.3) is 0 Å². The van der Waals surface area contributed by atoms with E-state index in [0.717, 1.165) is 32.1 Å². The molecule has 0 bridgehead atoms. The molecule has 4 nitrogen and oxygen atoms in total. The van der Waals surface area contributed by atoms with Crippen molar-refractivity contribution in [3.05, 3.63) is 0 Å². The van der Waals surface area contributed by atoms with E-state index in [1.165, 1.54) is 19.3 Å². The zero-order valence-electron chi connectivity index (χ0n) is 17.2. The largest absolute Gasteiger partial charge is 0.382 e. The topological polar surface area (TPSA) is 63.6 Å². The Morgan fingerprint density at radius 3 is 1.88 bits per heavy atom. The molecule has 0 amide bonds. The van der Waals surface area contributed by atoms with Crippen LogP contribution < -0.4 is 0 Å². The van der Waals surface area contributed by atoms with E-state index in [1.807, 2.05) is 20.8 Å². The Morgan fingerprint density at radius 2 is 1.32 bits per heavy atom. The van der Waals surface area contributed by atoms with Gasteiger partial charge in [0.15, 0.2) is 11.6 Å². The monoisotopic (exact) mass is 356 g/mol. The van der Waals surface area contributed by atoms with E-state index in [2.05, 4.69) is 6.92 Å². The van der Waals surface area contributed by atoms with Crippen LogP contribution in [0.2, 0.25) is 0 Å². The van der Waals surface area contributed by atoms with Gasteiger partial charge in [0.05, 0.1) is 0 Å². The number of carbonyl (C=O) groups excluding carboxylic acids is 2. The molecule has 0 heterocycles. The lowest BCUT2D eigenvalue weighted by Gasteiger charge is -2.24. The molecule has 1 atom stereocenters. The Labute approximate surface area is 154 Å². The summed E-state index contributed by atoms with van der Waals surface area (Å²) in [6.07, 6.45) is 9.62. The number of aliphatic hydroxyl groups is 1. The first-order chi connectivity index (χ1) is 11.7. The van der Waals surface area contributed by atoms with Gasteiger partial charge in [-0.25, -0.2) is 0 Å². The van der Waals surface area contributed by atoms with Gasteiger partial charge in [-0.1, -0.05) is 46.0 Å². The van der Waals surface area contributed by atoms with E-state index < -0.39 is 11.2 Å². The molecule has 148 valence electrons. The average Bonchev–Trinajstić information content (AvgIpc) is 2.57. The van der Waals surface area contributed by atoms with E-state index in [1.54, 1.807) is 6.92 Å². The van der Waals surface area contributed by atoms with Crippen LogP contribution in [0.4, 0.5) is 0 Å². The van der Waals surface area contributed by atoms with E-state index in [4.69, 9.17) is 4.74 Å². The molecule has 1 N–H and O–H groups in total. The van der Waals surface area contributed by atoms with Crippen LogP contribution in [0.1, 0.15) is 105 Å². The molecule has 0 aromatic heterocycles. The van der Waals surface area contributed by atoms with Crippen molar-refractivity contribution in [2.75, 3.05) is 6.61 Å². The number of rotatable bonds is 16. The number of unbranched alkanes of at least 4 members (excludes halogenated alkanes) is 6. The quantitative estimate of drug-likeness (QED) is 0.395. The van der Waals surface area contributed by atoms with Crippen molar-refractivity contribution in [2.45, 2.75) is 116 Å². The van der Waals surface area contributed by atoms with Crippen LogP contribution in [-0.2, 0) is 14.3 Å². The summed E-state index contributed by atoms with van der Waals surface area (Å²) in [5.74, 6) is 0.0904. The maximum absolute atomic E-state index is 12.3. The summed E-state index contributed by atoms with van der Waals surface area (Å²) in [6.45, 7) is 9.81. The van der Waals surface area contributed by atoms with Crippen molar-refractivity contribution in [2.24, 2.45) is 0 Å². The standard InChI is InChI=1S/C21H40O4/c1-6-8-9-10-12-15-18(22)20(3,4)25-17-14-11-13-16-19(23)21(5,24)7-2/h24H,6-17H2,1-5H3. The predicted molar refractivity (Wildman–Crippen MR) is 103 cm³/mol. The summed E-state index contributed by atoms with van der Waals surface area (Å²) in [5, 5.41) is 9.87. The van der Waals surface area contributed by atoms with Gasteiger partial charge >= 0.3 is 0 Å². The molecule has 4 heteroatoms. The van der Waals surface area contributed by atoms with Gasteiger partial charge in [0.2, 0.25) is 0 Å². The van der Waals surface area contributed by atoms with Crippen molar-refractivity contribution in [1.82, 2.24) is 0 Å². The molecule has 0 aliphatic rings. The summed E-state index contributed by atoms with van der Waals surface area (Å²) < 4.78 is 5.78. The van der Waals surface area contributed by atoms with E-state index in [9.17, 15) is 14.7 Å². The molecule has 0 aromatic carbocycles. The summed E-state index contributed by atoms with van der Waals surface area (Å²) in [5.41, 5.74) is -1.91. The third-order valence-corrected chi connectivity index (χ3v) is 4.98.